The minimum absolute atomic E-state index is 0.333. The maximum Gasteiger partial charge on any atom is 0.328 e. The Kier molecular flexibility index (Phi) is 4.00. The largest absolute Gasteiger partial charge is 0.495 e. The van der Waals surface area contributed by atoms with Crippen LogP contribution in [0.1, 0.15) is 5.56 Å². The Bertz CT molecular complexity index is 413. The number of rotatable bonds is 3. The Morgan fingerprint density at radius 2 is 2.13 bits per heavy atom. The quantitative estimate of drug-likeness (QED) is 0.834. The number of methoxy groups -OCH3 is 1. The fraction of sp³-hybridized carbons (Fsp3) is 0.100. The van der Waals surface area contributed by atoms with Crippen molar-refractivity contribution < 1.29 is 14.6 Å². The lowest BCUT2D eigenvalue weighted by Crippen LogP contribution is -1.89. The number of carboxylic acid groups (broad SMARTS) is 1. The smallest absolute Gasteiger partial charge is 0.328 e. The Hall–Kier alpha value is -1.19. The number of hydrogen-bond donors (Lipinski definition) is 1. The third-order valence-electron chi connectivity index (χ3n) is 1.66. The van der Waals surface area contributed by atoms with Gasteiger partial charge >= 0.3 is 5.97 Å². The molecule has 0 bridgehead atoms. The molecule has 0 aromatic heterocycles. The second-order valence-electron chi connectivity index (χ2n) is 2.68. The van der Waals surface area contributed by atoms with Crippen LogP contribution in [-0.4, -0.2) is 18.2 Å². The zero-order valence-corrected chi connectivity index (χ0v) is 9.34. The third kappa shape index (κ3) is 3.15. The van der Waals surface area contributed by atoms with Crippen LogP contribution in [-0.2, 0) is 4.79 Å². The number of aliphatic carboxylic acids is 1. The minimum Gasteiger partial charge on any atom is -0.495 e. The normalized spacial score (nSPS) is 10.6. The van der Waals surface area contributed by atoms with Crippen molar-refractivity contribution >= 4 is 35.2 Å². The van der Waals surface area contributed by atoms with Crippen molar-refractivity contribution in [3.63, 3.8) is 0 Å². The van der Waals surface area contributed by atoms with Crippen molar-refractivity contribution in [2.45, 2.75) is 0 Å². The van der Waals surface area contributed by atoms with E-state index < -0.39 is 5.97 Å². The molecule has 0 unspecified atom stereocenters. The van der Waals surface area contributed by atoms with Gasteiger partial charge in [-0.2, -0.15) is 0 Å². The average molecular weight is 247 g/mol. The van der Waals surface area contributed by atoms with Gasteiger partial charge in [-0.25, -0.2) is 4.79 Å². The summed E-state index contributed by atoms with van der Waals surface area (Å²) in [6, 6.07) is 3.12. The number of carbonyl (C=O) groups is 1. The fourth-order valence-corrected chi connectivity index (χ4v) is 1.48. The van der Waals surface area contributed by atoms with Gasteiger partial charge in [-0.1, -0.05) is 23.2 Å². The first-order chi connectivity index (χ1) is 7.04. The summed E-state index contributed by atoms with van der Waals surface area (Å²) in [6.45, 7) is 0. The first kappa shape index (κ1) is 11.9. The molecule has 1 aromatic carbocycles. The molecule has 0 aliphatic carbocycles. The van der Waals surface area contributed by atoms with Gasteiger partial charge in [0.05, 0.1) is 12.1 Å². The monoisotopic (exact) mass is 246 g/mol. The van der Waals surface area contributed by atoms with E-state index in [0.717, 1.165) is 6.08 Å². The molecule has 5 heteroatoms. The highest BCUT2D eigenvalue weighted by Crippen LogP contribution is 2.32. The molecule has 0 radical (unpaired) electrons. The highest BCUT2D eigenvalue weighted by Gasteiger charge is 2.06. The van der Waals surface area contributed by atoms with E-state index in [1.807, 2.05) is 0 Å². The molecule has 15 heavy (non-hydrogen) atoms. The van der Waals surface area contributed by atoms with Crippen LogP contribution in [0.2, 0.25) is 10.0 Å². The molecule has 1 aromatic rings. The van der Waals surface area contributed by atoms with Crippen LogP contribution < -0.4 is 4.74 Å². The van der Waals surface area contributed by atoms with Gasteiger partial charge in [0.25, 0.3) is 0 Å². The lowest BCUT2D eigenvalue weighted by Gasteiger charge is -2.06. The van der Waals surface area contributed by atoms with E-state index in [-0.39, 0.29) is 0 Å². The highest BCUT2D eigenvalue weighted by atomic mass is 35.5. The molecule has 0 spiro atoms. The molecule has 0 heterocycles. The van der Waals surface area contributed by atoms with Crippen LogP contribution in [0.15, 0.2) is 18.2 Å². The van der Waals surface area contributed by atoms with Gasteiger partial charge in [0.15, 0.2) is 0 Å². The van der Waals surface area contributed by atoms with Crippen molar-refractivity contribution in [3.05, 3.63) is 33.8 Å². The second-order valence-corrected chi connectivity index (χ2v) is 3.50. The summed E-state index contributed by atoms with van der Waals surface area (Å²) in [6.07, 6.45) is 2.34. The van der Waals surface area contributed by atoms with Crippen LogP contribution in [0.5, 0.6) is 5.75 Å². The van der Waals surface area contributed by atoms with Crippen LogP contribution >= 0.6 is 23.2 Å². The molecular formula is C10H8Cl2O3. The summed E-state index contributed by atoms with van der Waals surface area (Å²) in [5, 5.41) is 9.23. The molecule has 3 nitrogen and oxygen atoms in total. The molecule has 0 saturated carbocycles. The molecule has 0 aliphatic rings. The topological polar surface area (TPSA) is 46.5 Å². The molecule has 0 atom stereocenters. The van der Waals surface area contributed by atoms with E-state index in [9.17, 15) is 4.79 Å². The average Bonchev–Trinajstić information content (AvgIpc) is 2.18. The number of ether oxygens (including phenoxy) is 1. The molecule has 0 fully saturated rings. The van der Waals surface area contributed by atoms with Gasteiger partial charge in [0.1, 0.15) is 5.75 Å². The second kappa shape index (κ2) is 5.05. The predicted octanol–water partition coefficient (Wildman–Crippen LogP) is 3.10. The Morgan fingerprint density at radius 3 is 2.67 bits per heavy atom. The van der Waals surface area contributed by atoms with Crippen LogP contribution in [0.4, 0.5) is 0 Å². The molecular weight excluding hydrogens is 239 g/mol. The summed E-state index contributed by atoms with van der Waals surface area (Å²) in [5.41, 5.74) is 0.503. The highest BCUT2D eigenvalue weighted by molar-refractivity contribution is 6.35. The summed E-state index contributed by atoms with van der Waals surface area (Å²) in [5.74, 6) is -0.640. The molecule has 1 rings (SSSR count). The molecule has 1 N–H and O–H groups in total. The van der Waals surface area contributed by atoms with Gasteiger partial charge in [0.2, 0.25) is 0 Å². The zero-order valence-electron chi connectivity index (χ0n) is 7.83. The Labute approximate surface area is 96.9 Å². The van der Waals surface area contributed by atoms with E-state index >= 15 is 0 Å². The number of hydrogen-bond acceptors (Lipinski definition) is 2. The maximum absolute atomic E-state index is 10.3. The van der Waals surface area contributed by atoms with Gasteiger partial charge in [-0.15, -0.1) is 0 Å². The molecule has 80 valence electrons. The SMILES string of the molecule is COc1cc(Cl)cc(/C=C/C(=O)O)c1Cl. The van der Waals surface area contributed by atoms with Gasteiger partial charge in [0, 0.05) is 17.2 Å². The molecule has 0 aliphatic heterocycles. The van der Waals surface area contributed by atoms with Crippen LogP contribution in [0.25, 0.3) is 6.08 Å². The standard InChI is InChI=1S/C10H8Cl2O3/c1-15-8-5-7(11)4-6(10(8)12)2-3-9(13)14/h2-5H,1H3,(H,13,14)/b3-2+. The number of halogens is 2. The van der Waals surface area contributed by atoms with E-state index in [0.29, 0.717) is 21.4 Å². The van der Waals surface area contributed by atoms with E-state index in [4.69, 9.17) is 33.0 Å². The fourth-order valence-electron chi connectivity index (χ4n) is 1.02. The zero-order chi connectivity index (χ0) is 11.4. The Balaban J connectivity index is 3.17. The van der Waals surface area contributed by atoms with Gasteiger partial charge in [-0.05, 0) is 17.7 Å². The van der Waals surface area contributed by atoms with Crippen molar-refractivity contribution in [1.29, 1.82) is 0 Å². The lowest BCUT2D eigenvalue weighted by atomic mass is 10.2. The van der Waals surface area contributed by atoms with Crippen LogP contribution in [0.3, 0.4) is 0 Å². The summed E-state index contributed by atoms with van der Waals surface area (Å²) in [4.78, 5) is 10.3. The summed E-state index contributed by atoms with van der Waals surface area (Å²) < 4.78 is 4.98. The summed E-state index contributed by atoms with van der Waals surface area (Å²) >= 11 is 11.7. The number of carboxylic acids is 1. The van der Waals surface area contributed by atoms with Crippen LogP contribution in [0, 0.1) is 0 Å². The van der Waals surface area contributed by atoms with E-state index in [2.05, 4.69) is 0 Å². The number of benzene rings is 1. The molecule has 0 saturated heterocycles. The minimum atomic E-state index is -1.05. The van der Waals surface area contributed by atoms with Crippen molar-refractivity contribution in [3.8, 4) is 5.75 Å². The van der Waals surface area contributed by atoms with E-state index in [1.165, 1.54) is 13.2 Å². The van der Waals surface area contributed by atoms with Gasteiger partial charge < -0.3 is 9.84 Å². The first-order valence-electron chi connectivity index (χ1n) is 3.98. The van der Waals surface area contributed by atoms with Gasteiger partial charge in [-0.3, -0.25) is 0 Å². The maximum atomic E-state index is 10.3. The molecule has 0 amide bonds. The van der Waals surface area contributed by atoms with Crippen molar-refractivity contribution in [2.75, 3.05) is 7.11 Å². The lowest BCUT2D eigenvalue weighted by molar-refractivity contribution is -0.131. The first-order valence-corrected chi connectivity index (χ1v) is 4.74. The summed E-state index contributed by atoms with van der Waals surface area (Å²) in [7, 11) is 1.46. The predicted molar refractivity (Wildman–Crippen MR) is 59.7 cm³/mol. The van der Waals surface area contributed by atoms with E-state index in [1.54, 1.807) is 12.1 Å². The van der Waals surface area contributed by atoms with Crippen molar-refractivity contribution in [2.24, 2.45) is 0 Å². The third-order valence-corrected chi connectivity index (χ3v) is 2.28. The Morgan fingerprint density at radius 1 is 1.47 bits per heavy atom. The van der Waals surface area contributed by atoms with Crippen molar-refractivity contribution in [1.82, 2.24) is 0 Å².